The minimum atomic E-state index is -0.374. The summed E-state index contributed by atoms with van der Waals surface area (Å²) in [6.45, 7) is 2.93. The van der Waals surface area contributed by atoms with E-state index in [-0.39, 0.29) is 36.9 Å². The molecule has 1 aromatic rings. The van der Waals surface area contributed by atoms with Crippen LogP contribution < -0.4 is 4.90 Å². The van der Waals surface area contributed by atoms with E-state index in [2.05, 4.69) is 4.90 Å². The summed E-state index contributed by atoms with van der Waals surface area (Å²) in [5.41, 5.74) is 1.76. The first-order valence-electron chi connectivity index (χ1n) is 8.42. The van der Waals surface area contributed by atoms with E-state index in [1.165, 1.54) is 4.90 Å². The maximum absolute atomic E-state index is 12.9. The van der Waals surface area contributed by atoms with Crippen molar-refractivity contribution in [3.05, 3.63) is 29.8 Å². The lowest BCUT2D eigenvalue weighted by Gasteiger charge is -2.38. The van der Waals surface area contributed by atoms with Crippen LogP contribution in [0.4, 0.5) is 5.69 Å². The monoisotopic (exact) mass is 316 g/mol. The molecule has 2 fully saturated rings. The fraction of sp³-hybridized carbons (Fsp3) is 0.556. The lowest BCUT2D eigenvalue weighted by Crippen LogP contribution is -2.50. The minimum Gasteiger partial charge on any atom is -0.396 e. The van der Waals surface area contributed by atoms with Gasteiger partial charge in [0.25, 0.3) is 5.91 Å². The van der Waals surface area contributed by atoms with Crippen LogP contribution >= 0.6 is 0 Å². The van der Waals surface area contributed by atoms with Gasteiger partial charge in [0.2, 0.25) is 5.91 Å². The maximum atomic E-state index is 12.9. The van der Waals surface area contributed by atoms with E-state index >= 15 is 0 Å². The van der Waals surface area contributed by atoms with Gasteiger partial charge in [-0.15, -0.1) is 0 Å². The second kappa shape index (κ2) is 6.81. The van der Waals surface area contributed by atoms with Crippen LogP contribution in [0.3, 0.4) is 0 Å². The molecule has 0 aromatic heterocycles. The first-order valence-corrected chi connectivity index (χ1v) is 8.42. The molecule has 2 aliphatic heterocycles. The minimum absolute atomic E-state index is 0.122. The van der Waals surface area contributed by atoms with Crippen molar-refractivity contribution < 1.29 is 14.7 Å². The van der Waals surface area contributed by atoms with Gasteiger partial charge in [0.05, 0.1) is 18.2 Å². The molecule has 1 N–H and O–H groups in total. The quantitative estimate of drug-likeness (QED) is 0.862. The molecule has 5 nitrogen and oxygen atoms in total. The summed E-state index contributed by atoms with van der Waals surface area (Å²) in [5, 5.41) is 9.26. The normalized spacial score (nSPS) is 26.1. The smallest absolute Gasteiger partial charge is 0.251 e. The zero-order valence-corrected chi connectivity index (χ0v) is 13.6. The maximum Gasteiger partial charge on any atom is 0.251 e. The molecule has 0 spiro atoms. The highest BCUT2D eigenvalue weighted by Gasteiger charge is 2.44. The molecule has 2 heterocycles. The van der Waals surface area contributed by atoms with Gasteiger partial charge in [-0.2, -0.15) is 0 Å². The number of benzene rings is 1. The molecule has 5 heteroatoms. The van der Waals surface area contributed by atoms with E-state index in [9.17, 15) is 14.7 Å². The molecule has 2 atom stereocenters. The number of aliphatic hydroxyl groups is 1. The highest BCUT2D eigenvalue weighted by Crippen LogP contribution is 2.30. The first-order chi connectivity index (χ1) is 11.1. The molecule has 0 saturated carbocycles. The fourth-order valence-electron chi connectivity index (χ4n) is 3.73. The van der Waals surface area contributed by atoms with Gasteiger partial charge in [-0.05, 0) is 44.9 Å². The molecule has 2 aliphatic rings. The molecule has 1 aromatic carbocycles. The van der Waals surface area contributed by atoms with Gasteiger partial charge in [0.15, 0.2) is 0 Å². The molecule has 2 amide bonds. The molecule has 0 aliphatic carbocycles. The number of nitrogens with zero attached hydrogens (tertiary/aromatic N) is 2. The Balaban J connectivity index is 1.81. The van der Waals surface area contributed by atoms with Crippen molar-refractivity contribution in [2.75, 3.05) is 18.1 Å². The highest BCUT2D eigenvalue weighted by atomic mass is 16.3. The molecule has 0 radical (unpaired) electrons. The van der Waals surface area contributed by atoms with Gasteiger partial charge in [-0.25, -0.2) is 4.90 Å². The Morgan fingerprint density at radius 2 is 1.91 bits per heavy atom. The van der Waals surface area contributed by atoms with Gasteiger partial charge in [-0.1, -0.05) is 24.1 Å². The number of carbonyl (C=O) groups excluding carboxylic acids is 2. The summed E-state index contributed by atoms with van der Waals surface area (Å²) in [6, 6.07) is 7.32. The number of amides is 2. The molecule has 3 rings (SSSR count). The van der Waals surface area contributed by atoms with Gasteiger partial charge in [0, 0.05) is 12.6 Å². The number of hydrogen-bond acceptors (Lipinski definition) is 4. The Bertz CT molecular complexity index is 582. The molecule has 0 unspecified atom stereocenters. The second-order valence-corrected chi connectivity index (χ2v) is 6.52. The third kappa shape index (κ3) is 3.16. The number of piperidine rings is 1. The molecule has 0 bridgehead atoms. The number of hydrogen-bond donors (Lipinski definition) is 1. The second-order valence-electron chi connectivity index (χ2n) is 6.52. The van der Waals surface area contributed by atoms with Crippen molar-refractivity contribution in [2.24, 2.45) is 0 Å². The fourth-order valence-corrected chi connectivity index (χ4v) is 3.73. The topological polar surface area (TPSA) is 60.9 Å². The van der Waals surface area contributed by atoms with Crippen molar-refractivity contribution in [3.63, 3.8) is 0 Å². The lowest BCUT2D eigenvalue weighted by molar-refractivity contribution is -0.123. The third-order valence-electron chi connectivity index (χ3n) is 4.95. The number of aliphatic hydroxyl groups excluding tert-OH is 1. The summed E-state index contributed by atoms with van der Waals surface area (Å²) in [6.07, 6.45) is 4.07. The van der Waals surface area contributed by atoms with Gasteiger partial charge in [0.1, 0.15) is 0 Å². The van der Waals surface area contributed by atoms with E-state index < -0.39 is 0 Å². The standard InChI is InChI=1S/C18H24N2O3/c1-13-5-7-15(8-6-13)20-17(22)12-16(18(20)23)19-10-3-2-4-14(19)9-11-21/h5-8,14,16,21H,2-4,9-12H2,1H3/t14-,16+/m0/s1. The van der Waals surface area contributed by atoms with Crippen LogP contribution in [-0.4, -0.2) is 47.1 Å². The van der Waals surface area contributed by atoms with E-state index in [1.54, 1.807) is 0 Å². The Hall–Kier alpha value is -1.72. The van der Waals surface area contributed by atoms with Gasteiger partial charge >= 0.3 is 0 Å². The first kappa shape index (κ1) is 16.1. The predicted molar refractivity (Wildman–Crippen MR) is 88.1 cm³/mol. The van der Waals surface area contributed by atoms with E-state index in [0.717, 1.165) is 31.4 Å². The zero-order valence-electron chi connectivity index (χ0n) is 13.6. The van der Waals surface area contributed by atoms with Crippen LogP contribution in [0, 0.1) is 6.92 Å². The summed E-state index contributed by atoms with van der Waals surface area (Å²) >= 11 is 0. The number of rotatable bonds is 4. The van der Waals surface area contributed by atoms with Crippen LogP contribution in [0.1, 0.15) is 37.7 Å². The summed E-state index contributed by atoms with van der Waals surface area (Å²) in [4.78, 5) is 28.7. The van der Waals surface area contributed by atoms with Crippen LogP contribution in [0.2, 0.25) is 0 Å². The molecule has 2 saturated heterocycles. The van der Waals surface area contributed by atoms with Crippen molar-refractivity contribution in [1.29, 1.82) is 0 Å². The van der Waals surface area contributed by atoms with E-state index in [1.807, 2.05) is 31.2 Å². The van der Waals surface area contributed by atoms with Crippen LogP contribution in [0.5, 0.6) is 0 Å². The number of anilines is 1. The van der Waals surface area contributed by atoms with Crippen LogP contribution in [0.15, 0.2) is 24.3 Å². The molecule has 23 heavy (non-hydrogen) atoms. The summed E-state index contributed by atoms with van der Waals surface area (Å²) in [5.74, 6) is -0.249. The molecular weight excluding hydrogens is 292 g/mol. The van der Waals surface area contributed by atoms with Gasteiger partial charge < -0.3 is 5.11 Å². The summed E-state index contributed by atoms with van der Waals surface area (Å²) in [7, 11) is 0. The van der Waals surface area contributed by atoms with Gasteiger partial charge in [-0.3, -0.25) is 14.5 Å². The molecular formula is C18H24N2O3. The van der Waals surface area contributed by atoms with Crippen molar-refractivity contribution in [1.82, 2.24) is 4.90 Å². The van der Waals surface area contributed by atoms with Crippen molar-refractivity contribution >= 4 is 17.5 Å². The summed E-state index contributed by atoms with van der Waals surface area (Å²) < 4.78 is 0. The average molecular weight is 316 g/mol. The Kier molecular flexibility index (Phi) is 4.78. The number of likely N-dealkylation sites (tertiary alicyclic amines) is 1. The van der Waals surface area contributed by atoms with E-state index in [0.29, 0.717) is 12.1 Å². The van der Waals surface area contributed by atoms with Crippen LogP contribution in [0.25, 0.3) is 0 Å². The lowest BCUT2D eigenvalue weighted by atomic mass is 9.97. The largest absolute Gasteiger partial charge is 0.396 e. The Morgan fingerprint density at radius 1 is 1.17 bits per heavy atom. The average Bonchev–Trinajstić information content (AvgIpc) is 2.84. The highest BCUT2D eigenvalue weighted by molar-refractivity contribution is 6.22. The molecule has 124 valence electrons. The number of imide groups is 1. The third-order valence-corrected chi connectivity index (χ3v) is 4.95. The number of aryl methyl sites for hydroxylation is 1. The zero-order chi connectivity index (χ0) is 16.4. The SMILES string of the molecule is Cc1ccc(N2C(=O)C[C@@H](N3CCCC[C@H]3CCO)C2=O)cc1. The van der Waals surface area contributed by atoms with Crippen molar-refractivity contribution in [2.45, 2.75) is 51.1 Å². The predicted octanol–water partition coefficient (Wildman–Crippen LogP) is 1.86. The Morgan fingerprint density at radius 3 is 2.61 bits per heavy atom. The van der Waals surface area contributed by atoms with Crippen LogP contribution in [-0.2, 0) is 9.59 Å². The van der Waals surface area contributed by atoms with E-state index in [4.69, 9.17) is 0 Å². The number of carbonyl (C=O) groups is 2. The Labute approximate surface area is 136 Å². The van der Waals surface area contributed by atoms with Crippen molar-refractivity contribution in [3.8, 4) is 0 Å².